The molecule has 3 N–H and O–H groups in total. The van der Waals surface area contributed by atoms with Gasteiger partial charge >= 0.3 is 11.6 Å². The number of amides is 1. The molecule has 1 aromatic heterocycles. The van der Waals surface area contributed by atoms with Crippen molar-refractivity contribution in [3.8, 4) is 0 Å². The predicted molar refractivity (Wildman–Crippen MR) is 89.1 cm³/mol. The van der Waals surface area contributed by atoms with Crippen molar-refractivity contribution in [1.82, 2.24) is 5.32 Å². The van der Waals surface area contributed by atoms with Gasteiger partial charge in [0.25, 0.3) is 0 Å². The Morgan fingerprint density at radius 3 is 2.70 bits per heavy atom. The molecule has 0 unspecified atom stereocenters. The van der Waals surface area contributed by atoms with E-state index >= 15 is 0 Å². The first-order valence-corrected chi connectivity index (χ1v) is 7.46. The Labute approximate surface area is 137 Å². The molecular formula is C15H16N2O5S. The highest BCUT2D eigenvalue weighted by molar-refractivity contribution is 7.80. The number of benzene rings is 1. The summed E-state index contributed by atoms with van der Waals surface area (Å²) in [6, 6.07) is 5.98. The first kappa shape index (κ1) is 16.9. The zero-order chi connectivity index (χ0) is 17.0. The number of thiol groups is 1. The molecule has 7 nitrogen and oxygen atoms in total. The molecule has 1 aromatic carbocycles. The average molecular weight is 336 g/mol. The lowest BCUT2D eigenvalue weighted by molar-refractivity contribution is -0.140. The number of hydrogen-bond acceptors (Lipinski definition) is 6. The number of rotatable bonds is 6. The van der Waals surface area contributed by atoms with Crippen LogP contribution in [-0.2, 0) is 9.59 Å². The van der Waals surface area contributed by atoms with Gasteiger partial charge in [0.1, 0.15) is 17.3 Å². The maximum Gasteiger partial charge on any atom is 0.360 e. The molecule has 0 spiro atoms. The molecule has 0 saturated heterocycles. The van der Waals surface area contributed by atoms with Crippen LogP contribution in [-0.4, -0.2) is 35.3 Å². The molecule has 8 heteroatoms. The van der Waals surface area contributed by atoms with E-state index in [1.165, 1.54) is 0 Å². The van der Waals surface area contributed by atoms with E-state index in [9.17, 15) is 14.4 Å². The molecule has 0 radical (unpaired) electrons. The second kappa shape index (κ2) is 7.19. The number of aryl methyl sites for hydroxylation is 1. The zero-order valence-corrected chi connectivity index (χ0v) is 13.2. The van der Waals surface area contributed by atoms with Crippen molar-refractivity contribution in [1.29, 1.82) is 0 Å². The predicted octanol–water partition coefficient (Wildman–Crippen LogP) is 1.01. The van der Waals surface area contributed by atoms with E-state index in [0.717, 1.165) is 5.39 Å². The minimum absolute atomic E-state index is 0.0295. The van der Waals surface area contributed by atoms with Gasteiger partial charge in [-0.1, -0.05) is 18.2 Å². The van der Waals surface area contributed by atoms with E-state index in [4.69, 9.17) is 9.52 Å². The number of anilines is 1. The number of carbonyl (C=O) groups excluding carboxylic acids is 1. The summed E-state index contributed by atoms with van der Waals surface area (Å²) in [4.78, 5) is 34.6. The lowest BCUT2D eigenvalue weighted by atomic mass is 10.1. The third-order valence-electron chi connectivity index (χ3n) is 3.31. The highest BCUT2D eigenvalue weighted by Crippen LogP contribution is 2.21. The Morgan fingerprint density at radius 1 is 1.35 bits per heavy atom. The third-order valence-corrected chi connectivity index (χ3v) is 3.68. The Balaban J connectivity index is 2.15. The SMILES string of the molecule is Cc1c(NCC(=O)N[C@@H](CS)C(=O)O)c(=O)oc2ccccc12. The summed E-state index contributed by atoms with van der Waals surface area (Å²) in [5.41, 5.74) is 0.717. The standard InChI is InChI=1S/C15H16N2O5S/c1-8-9-4-2-3-5-11(9)22-15(21)13(8)16-6-12(18)17-10(7-23)14(19)20/h2-5,10,16,23H,6-7H2,1H3,(H,17,18)(H,19,20)/t10-/m0/s1. The molecule has 1 amide bonds. The van der Waals surface area contributed by atoms with Crippen LogP contribution < -0.4 is 16.3 Å². The summed E-state index contributed by atoms with van der Waals surface area (Å²) in [6.07, 6.45) is 0. The number of para-hydroxylation sites is 1. The van der Waals surface area contributed by atoms with Gasteiger partial charge in [-0.05, 0) is 18.6 Å². The lowest BCUT2D eigenvalue weighted by Gasteiger charge is -2.13. The maximum atomic E-state index is 12.0. The van der Waals surface area contributed by atoms with Crippen LogP contribution in [0.2, 0.25) is 0 Å². The van der Waals surface area contributed by atoms with Crippen LogP contribution in [0.4, 0.5) is 5.69 Å². The van der Waals surface area contributed by atoms with Gasteiger partial charge in [-0.2, -0.15) is 12.6 Å². The highest BCUT2D eigenvalue weighted by atomic mass is 32.1. The van der Waals surface area contributed by atoms with Crippen molar-refractivity contribution >= 4 is 41.2 Å². The van der Waals surface area contributed by atoms with Gasteiger partial charge in [-0.15, -0.1) is 0 Å². The molecule has 1 atom stereocenters. The number of carboxylic acid groups (broad SMARTS) is 1. The van der Waals surface area contributed by atoms with Crippen LogP contribution >= 0.6 is 12.6 Å². The Morgan fingerprint density at radius 2 is 2.04 bits per heavy atom. The van der Waals surface area contributed by atoms with Gasteiger partial charge in [0, 0.05) is 11.1 Å². The quantitative estimate of drug-likeness (QED) is 0.463. The van der Waals surface area contributed by atoms with Gasteiger partial charge in [0.2, 0.25) is 5.91 Å². The van der Waals surface area contributed by atoms with Crippen molar-refractivity contribution in [2.45, 2.75) is 13.0 Å². The Kier molecular flexibility index (Phi) is 5.28. The summed E-state index contributed by atoms with van der Waals surface area (Å²) in [5, 5.41) is 14.6. The van der Waals surface area contributed by atoms with Crippen LogP contribution in [0.1, 0.15) is 5.56 Å². The summed E-state index contributed by atoms with van der Waals surface area (Å²) >= 11 is 3.86. The highest BCUT2D eigenvalue weighted by Gasteiger charge is 2.18. The fraction of sp³-hybridized carbons (Fsp3) is 0.267. The van der Waals surface area contributed by atoms with E-state index < -0.39 is 23.5 Å². The molecule has 1 heterocycles. The van der Waals surface area contributed by atoms with Crippen molar-refractivity contribution in [3.05, 3.63) is 40.2 Å². The Bertz CT molecular complexity index is 802. The lowest BCUT2D eigenvalue weighted by Crippen LogP contribution is -2.44. The van der Waals surface area contributed by atoms with Crippen LogP contribution in [0.3, 0.4) is 0 Å². The van der Waals surface area contributed by atoms with Crippen molar-refractivity contribution < 1.29 is 19.1 Å². The maximum absolute atomic E-state index is 12.0. The van der Waals surface area contributed by atoms with Gasteiger partial charge in [0.05, 0.1) is 6.54 Å². The Hall–Kier alpha value is -2.48. The molecule has 2 aromatic rings. The minimum atomic E-state index is -1.17. The number of carboxylic acids is 1. The molecule has 0 aliphatic rings. The van der Waals surface area contributed by atoms with Crippen molar-refractivity contribution in [3.63, 3.8) is 0 Å². The summed E-state index contributed by atoms with van der Waals surface area (Å²) in [7, 11) is 0. The van der Waals surface area contributed by atoms with Crippen molar-refractivity contribution in [2.24, 2.45) is 0 Å². The molecule has 23 heavy (non-hydrogen) atoms. The fourth-order valence-corrected chi connectivity index (χ4v) is 2.36. The normalized spacial score (nSPS) is 11.9. The van der Waals surface area contributed by atoms with Crippen LogP contribution in [0.15, 0.2) is 33.5 Å². The molecule has 122 valence electrons. The van der Waals surface area contributed by atoms with E-state index in [1.807, 2.05) is 6.07 Å². The topological polar surface area (TPSA) is 109 Å². The molecule has 2 rings (SSSR count). The average Bonchev–Trinajstić information content (AvgIpc) is 2.52. The summed E-state index contributed by atoms with van der Waals surface area (Å²) < 4.78 is 5.19. The molecule has 0 aliphatic carbocycles. The summed E-state index contributed by atoms with van der Waals surface area (Å²) in [5.74, 6) is -1.76. The number of aliphatic carboxylic acids is 1. The molecule has 0 bridgehead atoms. The number of fused-ring (bicyclic) bond motifs is 1. The van der Waals surface area contributed by atoms with Crippen LogP contribution in [0.25, 0.3) is 11.0 Å². The molecule has 0 saturated carbocycles. The van der Waals surface area contributed by atoms with Crippen molar-refractivity contribution in [2.75, 3.05) is 17.6 Å². The largest absolute Gasteiger partial charge is 0.480 e. The second-order valence-electron chi connectivity index (χ2n) is 4.88. The third kappa shape index (κ3) is 3.84. The number of hydrogen-bond donors (Lipinski definition) is 4. The van der Waals surface area contributed by atoms with Crippen LogP contribution in [0, 0.1) is 6.92 Å². The number of carbonyl (C=O) groups is 2. The monoisotopic (exact) mass is 336 g/mol. The second-order valence-corrected chi connectivity index (χ2v) is 5.25. The van der Waals surface area contributed by atoms with E-state index in [0.29, 0.717) is 11.1 Å². The van der Waals surface area contributed by atoms with Crippen LogP contribution in [0.5, 0.6) is 0 Å². The first-order chi connectivity index (χ1) is 10.9. The molecular weight excluding hydrogens is 320 g/mol. The van der Waals surface area contributed by atoms with Gasteiger partial charge in [0.15, 0.2) is 0 Å². The van der Waals surface area contributed by atoms with E-state index in [2.05, 4.69) is 23.3 Å². The molecule has 0 aliphatic heterocycles. The first-order valence-electron chi connectivity index (χ1n) is 6.83. The smallest absolute Gasteiger partial charge is 0.360 e. The van der Waals surface area contributed by atoms with Gasteiger partial charge < -0.3 is 20.2 Å². The summed E-state index contributed by atoms with van der Waals surface area (Å²) in [6.45, 7) is 1.49. The minimum Gasteiger partial charge on any atom is -0.480 e. The van der Waals surface area contributed by atoms with Gasteiger partial charge in [-0.3, -0.25) is 4.79 Å². The number of nitrogens with one attached hydrogen (secondary N) is 2. The van der Waals surface area contributed by atoms with E-state index in [-0.39, 0.29) is 18.0 Å². The fourth-order valence-electron chi connectivity index (χ4n) is 2.11. The van der Waals surface area contributed by atoms with Gasteiger partial charge in [-0.25, -0.2) is 9.59 Å². The van der Waals surface area contributed by atoms with E-state index in [1.54, 1.807) is 25.1 Å². The zero-order valence-electron chi connectivity index (χ0n) is 12.3. The molecule has 0 fully saturated rings.